The van der Waals surface area contributed by atoms with Gasteiger partial charge >= 0.3 is 0 Å². The number of aromatic hydroxyl groups is 1. The summed E-state index contributed by atoms with van der Waals surface area (Å²) in [5, 5.41) is 50.8. The molecule has 0 aliphatic heterocycles. The zero-order valence-electron chi connectivity index (χ0n) is 26.7. The molecule has 43 heavy (non-hydrogen) atoms. The number of allylic oxidation sites excluding steroid dienone is 2. The van der Waals surface area contributed by atoms with Gasteiger partial charge in [0, 0.05) is 27.9 Å². The molecule has 4 rings (SSSR count). The summed E-state index contributed by atoms with van der Waals surface area (Å²) < 4.78 is 0. The fraction of sp³-hybridized carbons (Fsp3) is 0.588. The largest absolute Gasteiger partial charge is 0.511 e. The van der Waals surface area contributed by atoms with Crippen molar-refractivity contribution in [1.82, 2.24) is 0 Å². The molecule has 9 heteroatoms. The fourth-order valence-electron chi connectivity index (χ4n) is 8.11. The minimum atomic E-state index is -2.64. The fourth-order valence-corrected chi connectivity index (χ4v) is 8.11. The van der Waals surface area contributed by atoms with Crippen molar-refractivity contribution in [3.05, 3.63) is 51.0 Å². The Balaban J connectivity index is 2.00. The lowest BCUT2D eigenvalue weighted by Gasteiger charge is -2.59. The van der Waals surface area contributed by atoms with Crippen LogP contribution in [-0.4, -0.2) is 56.7 Å². The second-order valence-corrected chi connectivity index (χ2v) is 14.6. The molecule has 0 bridgehead atoms. The summed E-state index contributed by atoms with van der Waals surface area (Å²) >= 11 is 0. The van der Waals surface area contributed by atoms with Gasteiger partial charge in [0.15, 0.2) is 17.2 Å². The third-order valence-electron chi connectivity index (χ3n) is 9.79. The van der Waals surface area contributed by atoms with Crippen LogP contribution in [0, 0.1) is 28.1 Å². The molecular formula is C34H45NO8. The highest BCUT2D eigenvalue weighted by molar-refractivity contribution is 6.25. The van der Waals surface area contributed by atoms with Crippen molar-refractivity contribution in [2.75, 3.05) is 7.11 Å². The molecule has 1 aromatic rings. The lowest BCUT2D eigenvalue weighted by atomic mass is 9.44. The number of fused-ring (bicyclic) bond motifs is 3. The molecule has 4 atom stereocenters. The maximum atomic E-state index is 14.4. The molecule has 1 unspecified atom stereocenters. The van der Waals surface area contributed by atoms with Gasteiger partial charge in [0.05, 0.1) is 11.8 Å². The predicted molar refractivity (Wildman–Crippen MR) is 162 cm³/mol. The van der Waals surface area contributed by atoms with Crippen molar-refractivity contribution in [1.29, 1.82) is 0 Å². The minimum Gasteiger partial charge on any atom is -0.511 e. The molecule has 234 valence electrons. The van der Waals surface area contributed by atoms with Gasteiger partial charge in [-0.25, -0.2) is 0 Å². The molecular weight excluding hydrogens is 550 g/mol. The van der Waals surface area contributed by atoms with Crippen LogP contribution in [0.25, 0.3) is 0 Å². The predicted octanol–water partition coefficient (Wildman–Crippen LogP) is 5.70. The van der Waals surface area contributed by atoms with Crippen LogP contribution in [0.5, 0.6) is 5.75 Å². The van der Waals surface area contributed by atoms with Gasteiger partial charge in [-0.3, -0.25) is 14.4 Å². The van der Waals surface area contributed by atoms with Crippen LogP contribution in [0.2, 0.25) is 0 Å². The van der Waals surface area contributed by atoms with Crippen LogP contribution in [0.3, 0.4) is 0 Å². The zero-order chi connectivity index (χ0) is 32.4. The first-order valence-corrected chi connectivity index (χ1v) is 14.9. The van der Waals surface area contributed by atoms with Crippen molar-refractivity contribution in [2.24, 2.45) is 33.2 Å². The molecule has 0 radical (unpaired) electrons. The second-order valence-electron chi connectivity index (χ2n) is 14.6. The van der Waals surface area contributed by atoms with E-state index in [9.17, 15) is 34.8 Å². The normalized spacial score (nSPS) is 29.2. The zero-order valence-corrected chi connectivity index (χ0v) is 26.7. The summed E-state index contributed by atoms with van der Waals surface area (Å²) in [7, 11) is 1.41. The Labute approximate surface area is 253 Å². The van der Waals surface area contributed by atoms with E-state index < -0.39 is 56.8 Å². The Morgan fingerprint density at radius 2 is 1.81 bits per heavy atom. The third-order valence-corrected chi connectivity index (χ3v) is 9.79. The van der Waals surface area contributed by atoms with E-state index in [4.69, 9.17) is 4.84 Å². The van der Waals surface area contributed by atoms with Gasteiger partial charge in [-0.1, -0.05) is 53.6 Å². The molecule has 0 amide bonds. The molecule has 0 fully saturated rings. The van der Waals surface area contributed by atoms with E-state index >= 15 is 0 Å². The number of carbonyl (C=O) groups is 3. The summed E-state index contributed by atoms with van der Waals surface area (Å²) in [4.78, 5) is 45.8. The van der Waals surface area contributed by atoms with Crippen molar-refractivity contribution in [3.8, 4) is 5.75 Å². The first-order valence-electron chi connectivity index (χ1n) is 14.9. The third kappa shape index (κ3) is 4.80. The van der Waals surface area contributed by atoms with Gasteiger partial charge in [0.1, 0.15) is 30.0 Å². The molecule has 0 aromatic heterocycles. The number of nitrogens with zero attached hydrogens (tertiary/aromatic N) is 1. The first kappa shape index (κ1) is 32.5. The summed E-state index contributed by atoms with van der Waals surface area (Å²) in [6.45, 7) is 14.5. The van der Waals surface area contributed by atoms with Crippen molar-refractivity contribution >= 4 is 23.6 Å². The number of rotatable bonds is 7. The van der Waals surface area contributed by atoms with Gasteiger partial charge in [0.2, 0.25) is 5.78 Å². The number of carbonyl (C=O) groups excluding carboxylic acids is 3. The van der Waals surface area contributed by atoms with Crippen LogP contribution >= 0.6 is 0 Å². The molecule has 0 spiro atoms. The number of Topliss-reactive ketones (excluding diaryl/α,β-unsaturated/α-hetero) is 3. The monoisotopic (exact) mass is 595 g/mol. The van der Waals surface area contributed by atoms with Gasteiger partial charge in [-0.2, -0.15) is 0 Å². The van der Waals surface area contributed by atoms with E-state index in [2.05, 4.69) is 25.9 Å². The molecule has 4 N–H and O–H groups in total. The van der Waals surface area contributed by atoms with Crippen molar-refractivity contribution < 1.29 is 39.6 Å². The highest BCUT2D eigenvalue weighted by Crippen LogP contribution is 2.65. The minimum absolute atomic E-state index is 0.00844. The summed E-state index contributed by atoms with van der Waals surface area (Å²) in [5.41, 5.74) is -4.25. The number of aryl methyl sites for hydroxylation is 1. The number of oxime groups is 1. The first-order chi connectivity index (χ1) is 19.8. The number of aliphatic hydroxyl groups excluding tert-OH is 2. The number of benzene rings is 1. The maximum Gasteiger partial charge on any atom is 0.209 e. The molecule has 0 saturated carbocycles. The van der Waals surface area contributed by atoms with E-state index in [-0.39, 0.29) is 41.1 Å². The number of aliphatic hydroxyl groups is 3. The Bertz CT molecular complexity index is 1490. The van der Waals surface area contributed by atoms with Crippen LogP contribution in [0.1, 0.15) is 102 Å². The number of phenolic OH excluding ortho intramolecular Hbond substituents is 1. The van der Waals surface area contributed by atoms with E-state index in [1.165, 1.54) is 13.3 Å². The van der Waals surface area contributed by atoms with E-state index in [0.717, 1.165) is 19.8 Å². The summed E-state index contributed by atoms with van der Waals surface area (Å²) in [5.74, 6) is -5.23. The molecule has 1 aromatic carbocycles. The Kier molecular flexibility index (Phi) is 8.01. The maximum absolute atomic E-state index is 14.4. The Morgan fingerprint density at radius 1 is 1.19 bits per heavy atom. The molecule has 0 saturated heterocycles. The van der Waals surface area contributed by atoms with Gasteiger partial charge in [-0.05, 0) is 67.6 Å². The lowest BCUT2D eigenvalue weighted by Crippen LogP contribution is -2.67. The van der Waals surface area contributed by atoms with E-state index in [0.29, 0.717) is 23.1 Å². The Hall–Kier alpha value is -3.46. The Morgan fingerprint density at radius 3 is 2.35 bits per heavy atom. The number of ketones is 3. The van der Waals surface area contributed by atoms with E-state index in [1.54, 1.807) is 33.8 Å². The molecule has 0 heterocycles. The van der Waals surface area contributed by atoms with Crippen LogP contribution < -0.4 is 0 Å². The molecule has 9 nitrogen and oxygen atoms in total. The average Bonchev–Trinajstić information content (AvgIpc) is 2.85. The molecule has 3 aliphatic carbocycles. The smallest absolute Gasteiger partial charge is 0.209 e. The van der Waals surface area contributed by atoms with E-state index in [1.807, 2.05) is 0 Å². The standard InChI is InChI=1S/C34H45NO8/c1-17(2)24-27(38)22(18(3)36)29(40)34(42)30(41)25-28(39)23-21(14-32(25,7)16-33(24,34)8)20(15-35-43-9)13-19(26(23)37)11-10-12-31(4,5)6/h13,15,17,24,37-38,41-42H,10-12,14,16H2,1-9H3/b35-15+/t24?,32-,33-,34+/m1/s1. The van der Waals surface area contributed by atoms with Gasteiger partial charge in [0.25, 0.3) is 0 Å². The summed E-state index contributed by atoms with van der Waals surface area (Å²) in [6, 6.07) is 1.81. The van der Waals surface area contributed by atoms with Crippen LogP contribution in [0.15, 0.2) is 33.9 Å². The number of hydrogen-bond donors (Lipinski definition) is 4. The molecule has 3 aliphatic rings. The average molecular weight is 596 g/mol. The van der Waals surface area contributed by atoms with Crippen LogP contribution in [0.4, 0.5) is 0 Å². The SMILES string of the molecule is CO/N=C/c1cc(CCCC(C)(C)C)c(O)c2c1C[C@]1(C)C[C@]3(C)C(C(C)C)C(O)=C(C(C)=O)C(=O)[C@]3(O)C(O)=C1C2=O. The van der Waals surface area contributed by atoms with Crippen molar-refractivity contribution in [3.63, 3.8) is 0 Å². The number of phenols is 1. The van der Waals surface area contributed by atoms with Gasteiger partial charge in [-0.15, -0.1) is 0 Å². The highest BCUT2D eigenvalue weighted by atomic mass is 16.6. The van der Waals surface area contributed by atoms with Crippen LogP contribution in [-0.2, 0) is 27.3 Å². The lowest BCUT2D eigenvalue weighted by molar-refractivity contribution is -0.171. The quantitative estimate of drug-likeness (QED) is 0.178. The van der Waals surface area contributed by atoms with Gasteiger partial charge < -0.3 is 25.3 Å². The van der Waals surface area contributed by atoms with Crippen molar-refractivity contribution in [2.45, 2.75) is 93.1 Å². The summed E-state index contributed by atoms with van der Waals surface area (Å²) in [6.07, 6.45) is 3.81. The topological polar surface area (TPSA) is 154 Å². The second kappa shape index (κ2) is 10.6. The highest BCUT2D eigenvalue weighted by Gasteiger charge is 2.71. The number of hydrogen-bond acceptors (Lipinski definition) is 9.